The number of rotatable bonds is 5. The van der Waals surface area contributed by atoms with Gasteiger partial charge in [0.05, 0.1) is 47.5 Å². The maximum absolute atomic E-state index is 15.4. The number of ketones is 1. The molecule has 2 aliphatic rings. The summed E-state index contributed by atoms with van der Waals surface area (Å²) in [4.78, 5) is 30.6. The molecule has 38 heavy (non-hydrogen) atoms. The quantitative estimate of drug-likeness (QED) is 0.284. The minimum Gasteiger partial charge on any atom is -0.455 e. The van der Waals surface area contributed by atoms with Gasteiger partial charge in [0, 0.05) is 17.7 Å². The number of nitrogens with zero attached hydrogens (tertiary/aromatic N) is 1. The number of aryl methyl sites for hydroxylation is 1. The number of cyclic esters (lactones) is 1. The van der Waals surface area contributed by atoms with E-state index in [0.29, 0.717) is 25.0 Å². The van der Waals surface area contributed by atoms with Gasteiger partial charge in [-0.1, -0.05) is 33.3 Å². The normalized spacial score (nSPS) is 35.3. The summed E-state index contributed by atoms with van der Waals surface area (Å²) in [6.07, 6.45) is -0.207. The number of aliphatic hydroxyl groups excluding tert-OH is 3. The first-order valence-electron chi connectivity index (χ1n) is 13.1. The number of thiazole rings is 1. The fourth-order valence-corrected chi connectivity index (χ4v) is 5.75. The summed E-state index contributed by atoms with van der Waals surface area (Å²) in [5, 5.41) is 34.5. The minimum absolute atomic E-state index is 0.0181. The van der Waals surface area contributed by atoms with E-state index in [9.17, 15) is 24.9 Å². The first-order valence-corrected chi connectivity index (χ1v) is 14.0. The number of aliphatic hydroxyl groups is 3. The molecule has 3 heterocycles. The Morgan fingerprint density at radius 3 is 2.66 bits per heavy atom. The van der Waals surface area contributed by atoms with Gasteiger partial charge in [-0.05, 0) is 38.2 Å². The van der Waals surface area contributed by atoms with E-state index in [4.69, 9.17) is 9.47 Å². The molecule has 2 saturated heterocycles. The molecule has 0 aromatic carbocycles. The molecule has 0 bridgehead atoms. The van der Waals surface area contributed by atoms with Gasteiger partial charge < -0.3 is 24.8 Å². The number of allylic oxidation sites excluding steroid dienone is 1. The first-order chi connectivity index (χ1) is 17.8. The topological polar surface area (TPSA) is 129 Å². The third-order valence-electron chi connectivity index (χ3n) is 7.95. The number of esters is 1. The van der Waals surface area contributed by atoms with Gasteiger partial charge in [0.2, 0.25) is 0 Å². The number of epoxide rings is 1. The molecule has 0 amide bonds. The Balaban J connectivity index is 1.91. The number of hydrogen-bond acceptors (Lipinski definition) is 9. The van der Waals surface area contributed by atoms with Gasteiger partial charge in [-0.15, -0.1) is 17.9 Å². The molecule has 10 heteroatoms. The van der Waals surface area contributed by atoms with Crippen LogP contribution in [0.1, 0.15) is 70.0 Å². The van der Waals surface area contributed by atoms with E-state index in [2.05, 4.69) is 11.6 Å². The summed E-state index contributed by atoms with van der Waals surface area (Å²) in [5.74, 6) is -3.06. The maximum Gasteiger partial charge on any atom is 0.309 e. The van der Waals surface area contributed by atoms with Crippen molar-refractivity contribution in [1.29, 1.82) is 0 Å². The van der Waals surface area contributed by atoms with Crippen molar-refractivity contribution in [3.8, 4) is 0 Å². The molecule has 8 nitrogen and oxygen atoms in total. The number of aromatic nitrogens is 1. The van der Waals surface area contributed by atoms with Crippen molar-refractivity contribution < 1.29 is 38.8 Å². The SMILES string of the molecule is C=CC[C@H]1C(=O)C(C)(C)[C@@H](O)CC(=O)O[C@H](C(F)=Cc2csc(C)n2)C[C@H]2O[C@]2(CO)CCC[C@H](C)[C@@H]1O. The average molecular weight is 554 g/mol. The number of hydrogen-bond donors (Lipinski definition) is 3. The van der Waals surface area contributed by atoms with E-state index in [1.165, 1.54) is 31.3 Å². The van der Waals surface area contributed by atoms with Crippen LogP contribution in [-0.4, -0.2) is 68.7 Å². The lowest BCUT2D eigenvalue weighted by molar-refractivity contribution is -0.155. The smallest absolute Gasteiger partial charge is 0.309 e. The average Bonchev–Trinajstić information content (AvgIpc) is 3.39. The lowest BCUT2D eigenvalue weighted by Crippen LogP contribution is -2.46. The van der Waals surface area contributed by atoms with Crippen LogP contribution in [0, 0.1) is 24.2 Å². The molecular formula is C28H40FNO7S. The number of ether oxygens (including phenoxy) is 2. The minimum atomic E-state index is -1.42. The molecule has 2 aliphatic heterocycles. The Morgan fingerprint density at radius 1 is 1.34 bits per heavy atom. The molecular weight excluding hydrogens is 513 g/mol. The van der Waals surface area contributed by atoms with Gasteiger partial charge >= 0.3 is 5.97 Å². The Hall–Kier alpha value is -1.98. The molecule has 0 saturated carbocycles. The highest BCUT2D eigenvalue weighted by atomic mass is 32.1. The lowest BCUT2D eigenvalue weighted by atomic mass is 9.71. The van der Waals surface area contributed by atoms with Gasteiger partial charge in [0.1, 0.15) is 17.2 Å². The van der Waals surface area contributed by atoms with Crippen molar-refractivity contribution in [2.45, 2.75) is 96.2 Å². The van der Waals surface area contributed by atoms with Crippen LogP contribution in [0.3, 0.4) is 0 Å². The largest absolute Gasteiger partial charge is 0.455 e. The van der Waals surface area contributed by atoms with Crippen molar-refractivity contribution in [2.24, 2.45) is 17.3 Å². The van der Waals surface area contributed by atoms with Crippen molar-refractivity contribution >= 4 is 29.2 Å². The van der Waals surface area contributed by atoms with Crippen LogP contribution in [0.15, 0.2) is 23.9 Å². The number of carbonyl (C=O) groups is 2. The molecule has 212 valence electrons. The van der Waals surface area contributed by atoms with Crippen LogP contribution in [0.2, 0.25) is 0 Å². The highest BCUT2D eigenvalue weighted by Crippen LogP contribution is 2.45. The third-order valence-corrected chi connectivity index (χ3v) is 8.74. The van der Waals surface area contributed by atoms with Crippen LogP contribution in [-0.2, 0) is 19.1 Å². The standard InChI is InChI=1S/C28H40FNO7S/c1-6-8-19-25(34)16(2)9-7-10-28(15-31)23(37-28)12-21(20(29)11-18-14-38-17(3)30-18)36-24(33)13-22(32)27(4,5)26(19)35/h6,11,14,16,19,21-23,25,31-32,34H,1,7-10,12-13,15H2,2-5H3/t16-,19+,21-,22-,23+,25-,28-/m0/s1. The molecule has 1 aromatic rings. The number of fused-ring (bicyclic) bond motifs is 1. The van der Waals surface area contributed by atoms with Crippen LogP contribution in [0.25, 0.3) is 6.08 Å². The van der Waals surface area contributed by atoms with Gasteiger partial charge in [-0.25, -0.2) is 9.37 Å². The summed E-state index contributed by atoms with van der Waals surface area (Å²) in [6, 6.07) is 0. The van der Waals surface area contributed by atoms with Gasteiger partial charge in [0.25, 0.3) is 0 Å². The van der Waals surface area contributed by atoms with Crippen molar-refractivity contribution in [1.82, 2.24) is 4.98 Å². The van der Waals surface area contributed by atoms with Crippen LogP contribution in [0.4, 0.5) is 4.39 Å². The van der Waals surface area contributed by atoms with Gasteiger partial charge in [-0.2, -0.15) is 0 Å². The summed E-state index contributed by atoms with van der Waals surface area (Å²) in [7, 11) is 0. The fourth-order valence-electron chi connectivity index (χ4n) is 5.18. The van der Waals surface area contributed by atoms with Crippen LogP contribution < -0.4 is 0 Å². The molecule has 3 N–H and O–H groups in total. The molecule has 1 aromatic heterocycles. The van der Waals surface area contributed by atoms with E-state index in [-0.39, 0.29) is 31.1 Å². The highest BCUT2D eigenvalue weighted by molar-refractivity contribution is 7.09. The molecule has 3 rings (SSSR count). The van der Waals surface area contributed by atoms with E-state index in [1.807, 2.05) is 6.92 Å². The van der Waals surface area contributed by atoms with Gasteiger partial charge in [-0.3, -0.25) is 9.59 Å². The maximum atomic E-state index is 15.4. The second-order valence-corrected chi connectivity index (χ2v) is 12.2. The Bertz CT molecular complexity index is 1040. The predicted molar refractivity (Wildman–Crippen MR) is 142 cm³/mol. The van der Waals surface area contributed by atoms with E-state index >= 15 is 4.39 Å². The predicted octanol–water partition coefficient (Wildman–Crippen LogP) is 3.91. The Labute approximate surface area is 227 Å². The molecule has 0 spiro atoms. The third kappa shape index (κ3) is 6.96. The first kappa shape index (κ1) is 30.6. The van der Waals surface area contributed by atoms with E-state index < -0.39 is 59.6 Å². The van der Waals surface area contributed by atoms with Crippen molar-refractivity contribution in [3.05, 3.63) is 34.6 Å². The fraction of sp³-hybridized carbons (Fsp3) is 0.679. The van der Waals surface area contributed by atoms with Gasteiger partial charge in [0.15, 0.2) is 6.10 Å². The summed E-state index contributed by atoms with van der Waals surface area (Å²) in [5.41, 5.74) is -1.87. The molecule has 7 atom stereocenters. The summed E-state index contributed by atoms with van der Waals surface area (Å²) < 4.78 is 26.7. The van der Waals surface area contributed by atoms with Crippen molar-refractivity contribution in [2.75, 3.05) is 6.61 Å². The second kappa shape index (κ2) is 12.5. The Morgan fingerprint density at radius 2 is 2.05 bits per heavy atom. The molecule has 0 radical (unpaired) electrons. The van der Waals surface area contributed by atoms with E-state index in [0.717, 1.165) is 5.01 Å². The zero-order valence-electron chi connectivity index (χ0n) is 22.6. The molecule has 0 aliphatic carbocycles. The zero-order valence-corrected chi connectivity index (χ0v) is 23.4. The second-order valence-electron chi connectivity index (χ2n) is 11.2. The summed E-state index contributed by atoms with van der Waals surface area (Å²) in [6.45, 7) is 10.1. The van der Waals surface area contributed by atoms with Crippen molar-refractivity contribution in [3.63, 3.8) is 0 Å². The van der Waals surface area contributed by atoms with Crippen LogP contribution in [0.5, 0.6) is 0 Å². The summed E-state index contributed by atoms with van der Waals surface area (Å²) >= 11 is 1.36. The number of Topliss-reactive ketones (excluding diaryl/α,β-unsaturated/α-hetero) is 1. The monoisotopic (exact) mass is 553 g/mol. The lowest BCUT2D eigenvalue weighted by Gasteiger charge is -2.35. The Kier molecular flexibility index (Phi) is 10.0. The zero-order chi connectivity index (χ0) is 28.3. The number of halogens is 1. The molecule has 2 fully saturated rings. The number of carbonyl (C=O) groups excluding carboxylic acids is 2. The van der Waals surface area contributed by atoms with E-state index in [1.54, 1.807) is 18.4 Å². The van der Waals surface area contributed by atoms with Crippen LogP contribution >= 0.6 is 11.3 Å². The highest BCUT2D eigenvalue weighted by Gasteiger charge is 2.56. The molecule has 0 unspecified atom stereocenters.